The van der Waals surface area contributed by atoms with Gasteiger partial charge in [0, 0.05) is 31.0 Å². The molecule has 0 saturated heterocycles. The van der Waals surface area contributed by atoms with Gasteiger partial charge in [0.1, 0.15) is 11.6 Å². The molecule has 6 nitrogen and oxygen atoms in total. The second kappa shape index (κ2) is 10.2. The number of benzene rings is 2. The smallest absolute Gasteiger partial charge is 0.255 e. The number of rotatable bonds is 8. The highest BCUT2D eigenvalue weighted by molar-refractivity contribution is 5.99. The number of carbonyl (C=O) groups is 1. The van der Waals surface area contributed by atoms with Crippen molar-refractivity contribution in [2.75, 3.05) is 11.9 Å². The van der Waals surface area contributed by atoms with Gasteiger partial charge in [0.25, 0.3) is 5.91 Å². The Morgan fingerprint density at radius 1 is 0.875 bits per heavy atom. The number of amides is 1. The van der Waals surface area contributed by atoms with Gasteiger partial charge >= 0.3 is 0 Å². The lowest BCUT2D eigenvalue weighted by molar-refractivity contribution is 0.0951. The zero-order chi connectivity index (χ0) is 22.2. The Hall–Kier alpha value is -4.19. The van der Waals surface area contributed by atoms with Crippen molar-refractivity contribution in [1.82, 2.24) is 15.3 Å². The summed E-state index contributed by atoms with van der Waals surface area (Å²) in [6.45, 7) is 0.985. The third-order valence-electron chi connectivity index (χ3n) is 5.03. The van der Waals surface area contributed by atoms with Crippen LogP contribution in [0.4, 0.5) is 5.82 Å². The van der Waals surface area contributed by atoms with E-state index in [2.05, 4.69) is 15.6 Å². The lowest BCUT2D eigenvalue weighted by Gasteiger charge is -2.13. The summed E-state index contributed by atoms with van der Waals surface area (Å²) in [5, 5.41) is 15.7. The van der Waals surface area contributed by atoms with E-state index >= 15 is 0 Å². The summed E-state index contributed by atoms with van der Waals surface area (Å²) >= 11 is 0. The molecular formula is C26H24N4O2. The van der Waals surface area contributed by atoms with Crippen LogP contribution in [-0.2, 0) is 13.0 Å². The number of aromatic hydroxyl groups is 1. The van der Waals surface area contributed by atoms with Crippen molar-refractivity contribution in [1.29, 1.82) is 0 Å². The van der Waals surface area contributed by atoms with Crippen molar-refractivity contribution >= 4 is 11.7 Å². The molecule has 0 spiro atoms. The molecule has 160 valence electrons. The molecule has 3 N–H and O–H groups in total. The maximum absolute atomic E-state index is 12.9. The fourth-order valence-corrected chi connectivity index (χ4v) is 3.31. The first-order valence-corrected chi connectivity index (χ1v) is 10.4. The van der Waals surface area contributed by atoms with Gasteiger partial charge in [-0.3, -0.25) is 9.78 Å². The van der Waals surface area contributed by atoms with Crippen LogP contribution < -0.4 is 10.6 Å². The van der Waals surface area contributed by atoms with Gasteiger partial charge in [-0.05, 0) is 47.9 Å². The van der Waals surface area contributed by atoms with Crippen LogP contribution in [0.15, 0.2) is 91.3 Å². The highest BCUT2D eigenvalue weighted by atomic mass is 16.3. The monoisotopic (exact) mass is 424 g/mol. The summed E-state index contributed by atoms with van der Waals surface area (Å²) < 4.78 is 0. The molecule has 0 atom stereocenters. The molecule has 1 amide bonds. The molecule has 0 radical (unpaired) electrons. The van der Waals surface area contributed by atoms with Gasteiger partial charge in [-0.25, -0.2) is 4.98 Å². The van der Waals surface area contributed by atoms with Gasteiger partial charge in [0.2, 0.25) is 0 Å². The van der Waals surface area contributed by atoms with Crippen LogP contribution in [0.25, 0.3) is 11.3 Å². The summed E-state index contributed by atoms with van der Waals surface area (Å²) in [6.07, 6.45) is 4.16. The normalized spacial score (nSPS) is 10.5. The number of pyridine rings is 2. The number of hydrogen-bond acceptors (Lipinski definition) is 5. The van der Waals surface area contributed by atoms with E-state index < -0.39 is 0 Å². The Morgan fingerprint density at radius 3 is 2.44 bits per heavy atom. The van der Waals surface area contributed by atoms with E-state index in [1.807, 2.05) is 60.7 Å². The third kappa shape index (κ3) is 5.49. The molecule has 0 bridgehead atoms. The third-order valence-corrected chi connectivity index (χ3v) is 5.03. The van der Waals surface area contributed by atoms with Gasteiger partial charge < -0.3 is 15.7 Å². The van der Waals surface area contributed by atoms with Crippen LogP contribution in [0.3, 0.4) is 0 Å². The largest absolute Gasteiger partial charge is 0.508 e. The average molecular weight is 425 g/mol. The molecular weight excluding hydrogens is 400 g/mol. The zero-order valence-corrected chi connectivity index (χ0v) is 17.5. The summed E-state index contributed by atoms with van der Waals surface area (Å²) in [5.74, 6) is 0.577. The Bertz CT molecular complexity index is 1160. The standard InChI is InChI=1S/C26H24N4O2/c31-22-10-8-19(9-11-22)14-16-28-25-23(26(32)29-18-20-5-4-15-27-17-20)12-13-24(30-25)21-6-2-1-3-7-21/h1-13,15,17,31H,14,16,18H2,(H,28,30)(H,29,32). The van der Waals surface area contributed by atoms with E-state index in [-0.39, 0.29) is 11.7 Å². The van der Waals surface area contributed by atoms with E-state index in [0.717, 1.165) is 28.8 Å². The van der Waals surface area contributed by atoms with E-state index in [4.69, 9.17) is 4.98 Å². The quantitative estimate of drug-likeness (QED) is 0.389. The van der Waals surface area contributed by atoms with Crippen LogP contribution in [0.5, 0.6) is 5.75 Å². The molecule has 4 rings (SSSR count). The highest BCUT2D eigenvalue weighted by Gasteiger charge is 2.14. The molecule has 2 aromatic carbocycles. The first-order chi connectivity index (χ1) is 15.7. The van der Waals surface area contributed by atoms with Crippen LogP contribution in [-0.4, -0.2) is 27.5 Å². The van der Waals surface area contributed by atoms with E-state index in [1.54, 1.807) is 30.6 Å². The molecule has 0 unspecified atom stereocenters. The first kappa shape index (κ1) is 21.1. The molecule has 0 saturated carbocycles. The molecule has 0 aliphatic carbocycles. The van der Waals surface area contributed by atoms with Gasteiger partial charge in [-0.15, -0.1) is 0 Å². The van der Waals surface area contributed by atoms with Gasteiger partial charge in [-0.1, -0.05) is 48.5 Å². The van der Waals surface area contributed by atoms with Gasteiger partial charge in [0.05, 0.1) is 11.3 Å². The van der Waals surface area contributed by atoms with Crippen molar-refractivity contribution in [3.05, 3.63) is 108 Å². The Balaban J connectivity index is 1.52. The topological polar surface area (TPSA) is 87.1 Å². The minimum Gasteiger partial charge on any atom is -0.508 e. The predicted octanol–water partition coefficient (Wildman–Crippen LogP) is 4.43. The molecule has 0 aliphatic heterocycles. The van der Waals surface area contributed by atoms with Gasteiger partial charge in [-0.2, -0.15) is 0 Å². The lowest BCUT2D eigenvalue weighted by atomic mass is 10.1. The minimum atomic E-state index is -0.201. The van der Waals surface area contributed by atoms with Crippen molar-refractivity contribution in [2.24, 2.45) is 0 Å². The number of phenols is 1. The lowest BCUT2D eigenvalue weighted by Crippen LogP contribution is -2.24. The van der Waals surface area contributed by atoms with Crippen LogP contribution in [0, 0.1) is 0 Å². The molecule has 32 heavy (non-hydrogen) atoms. The number of hydrogen-bond donors (Lipinski definition) is 3. The first-order valence-electron chi connectivity index (χ1n) is 10.4. The zero-order valence-electron chi connectivity index (χ0n) is 17.5. The number of carbonyl (C=O) groups excluding carboxylic acids is 1. The number of nitrogens with zero attached hydrogens (tertiary/aromatic N) is 2. The van der Waals surface area contributed by atoms with Crippen LogP contribution in [0.1, 0.15) is 21.5 Å². The van der Waals surface area contributed by atoms with E-state index in [1.165, 1.54) is 0 Å². The molecule has 0 fully saturated rings. The maximum Gasteiger partial charge on any atom is 0.255 e. The number of nitrogens with one attached hydrogen (secondary N) is 2. The maximum atomic E-state index is 12.9. The summed E-state index contributed by atoms with van der Waals surface area (Å²) in [6, 6.07) is 24.4. The number of anilines is 1. The highest BCUT2D eigenvalue weighted by Crippen LogP contribution is 2.22. The predicted molar refractivity (Wildman–Crippen MR) is 125 cm³/mol. The van der Waals surface area contributed by atoms with Gasteiger partial charge in [0.15, 0.2) is 0 Å². The van der Waals surface area contributed by atoms with E-state index in [9.17, 15) is 9.90 Å². The Kier molecular flexibility index (Phi) is 6.72. The second-order valence-corrected chi connectivity index (χ2v) is 7.35. The minimum absolute atomic E-state index is 0.201. The second-order valence-electron chi connectivity index (χ2n) is 7.35. The fourth-order valence-electron chi connectivity index (χ4n) is 3.31. The van der Waals surface area contributed by atoms with Crippen molar-refractivity contribution in [3.63, 3.8) is 0 Å². The molecule has 0 aliphatic rings. The summed E-state index contributed by atoms with van der Waals surface area (Å²) in [4.78, 5) is 21.7. The van der Waals surface area contributed by atoms with E-state index in [0.29, 0.717) is 24.5 Å². The van der Waals surface area contributed by atoms with Crippen molar-refractivity contribution in [3.8, 4) is 17.0 Å². The van der Waals surface area contributed by atoms with Crippen molar-refractivity contribution in [2.45, 2.75) is 13.0 Å². The summed E-state index contributed by atoms with van der Waals surface area (Å²) in [5.41, 5.74) is 4.27. The van der Waals surface area contributed by atoms with Crippen molar-refractivity contribution < 1.29 is 9.90 Å². The Labute approximate surface area is 187 Å². The van der Waals surface area contributed by atoms with Crippen LogP contribution in [0.2, 0.25) is 0 Å². The number of aromatic nitrogens is 2. The SMILES string of the molecule is O=C(NCc1cccnc1)c1ccc(-c2ccccc2)nc1NCCc1ccc(O)cc1. The van der Waals surface area contributed by atoms with Crippen LogP contribution >= 0.6 is 0 Å². The summed E-state index contributed by atoms with van der Waals surface area (Å²) in [7, 11) is 0. The molecule has 4 aromatic rings. The number of phenolic OH excluding ortho intramolecular Hbond substituents is 1. The average Bonchev–Trinajstić information content (AvgIpc) is 2.85. The molecule has 2 aromatic heterocycles. The fraction of sp³-hybridized carbons (Fsp3) is 0.115. The molecule has 6 heteroatoms. The Morgan fingerprint density at radius 2 is 1.69 bits per heavy atom. The molecule has 2 heterocycles.